The van der Waals surface area contributed by atoms with Crippen LogP contribution in [0, 0.1) is 0 Å². The zero-order chi connectivity index (χ0) is 39.1. The number of hydrogen-bond acceptors (Lipinski definition) is 1. The molecule has 0 spiro atoms. The first kappa shape index (κ1) is 38.8. The van der Waals surface area contributed by atoms with Crippen LogP contribution in [0.25, 0.3) is 0 Å². The summed E-state index contributed by atoms with van der Waals surface area (Å²) in [5.41, 5.74) is 0. The van der Waals surface area contributed by atoms with Crippen LogP contribution < -0.4 is 32.2 Å². The minimum atomic E-state index is -4.74. The summed E-state index contributed by atoms with van der Waals surface area (Å²) >= 11 is -14.2. The van der Waals surface area contributed by atoms with Gasteiger partial charge in [-0.2, -0.15) is 0 Å². The summed E-state index contributed by atoms with van der Waals surface area (Å²) in [6, 6.07) is 106. The van der Waals surface area contributed by atoms with Gasteiger partial charge in [0.25, 0.3) is 0 Å². The summed E-state index contributed by atoms with van der Waals surface area (Å²) in [7, 11) is 0. The normalized spacial score (nSPS) is 11.9. The first-order valence-electron chi connectivity index (χ1n) is 20.1. The number of hydrogen-bond donors (Lipinski definition) is 0. The van der Waals surface area contributed by atoms with Gasteiger partial charge in [0.15, 0.2) is 0 Å². The number of rotatable bonds is 12. The van der Waals surface area contributed by atoms with Crippen molar-refractivity contribution in [1.82, 2.24) is -0.435 Å². The molecule has 0 atom stereocenters. The molecule has 0 aromatic heterocycles. The number of benzene rings is 9. The van der Waals surface area contributed by atoms with Crippen LogP contribution >= 0.6 is 0 Å². The predicted octanol–water partition coefficient (Wildman–Crippen LogP) is 6.29. The first-order chi connectivity index (χ1) is 28.8. The molecule has 58 heavy (non-hydrogen) atoms. The standard InChI is InChI=1S/9C6H5.N.3Sn/c9*1-2-4-6-5-3-1;;;;/h9*1-5H;;;;. The van der Waals surface area contributed by atoms with Gasteiger partial charge in [-0.15, -0.1) is 0 Å². The van der Waals surface area contributed by atoms with E-state index < -0.39 is 56.0 Å². The van der Waals surface area contributed by atoms with E-state index in [0.717, 1.165) is 0 Å². The van der Waals surface area contributed by atoms with E-state index in [1.54, 1.807) is 0 Å². The molecular weight excluding hydrogens is 1020 g/mol. The Labute approximate surface area is 357 Å². The third-order valence-corrected chi connectivity index (χ3v) is 86.0. The third-order valence-electron chi connectivity index (χ3n) is 11.7. The van der Waals surface area contributed by atoms with Crippen molar-refractivity contribution in [2.24, 2.45) is 0 Å². The fourth-order valence-electron chi connectivity index (χ4n) is 9.53. The van der Waals surface area contributed by atoms with Gasteiger partial charge < -0.3 is 0 Å². The molecule has 0 saturated carbocycles. The Morgan fingerprint density at radius 1 is 0.155 bits per heavy atom. The van der Waals surface area contributed by atoms with E-state index in [4.69, 9.17) is 0 Å². The van der Waals surface area contributed by atoms with Gasteiger partial charge >= 0.3 is 361 Å². The zero-order valence-electron chi connectivity index (χ0n) is 32.4. The second-order valence-electron chi connectivity index (χ2n) is 14.8. The molecular formula is C54H45NSn3. The van der Waals surface area contributed by atoms with E-state index in [1.165, 1.54) is 32.2 Å². The Morgan fingerprint density at radius 3 is 0.362 bits per heavy atom. The molecule has 9 aromatic carbocycles. The Bertz CT molecular complexity index is 2040. The summed E-state index contributed by atoms with van der Waals surface area (Å²) < 4.78 is 16.7. The number of nitrogens with zero attached hydrogens (tertiary/aromatic N) is 1. The van der Waals surface area contributed by atoms with E-state index in [9.17, 15) is 0 Å². The van der Waals surface area contributed by atoms with Gasteiger partial charge in [0.2, 0.25) is 0 Å². The quantitative estimate of drug-likeness (QED) is 0.130. The Hall–Kier alpha value is -4.66. The van der Waals surface area contributed by atoms with Crippen molar-refractivity contribution in [2.75, 3.05) is 0 Å². The van der Waals surface area contributed by atoms with Crippen LogP contribution in [0.5, 0.6) is 0 Å². The minimum absolute atomic E-state index is 1.46. The Kier molecular flexibility index (Phi) is 11.8. The van der Waals surface area contributed by atoms with Crippen LogP contribution in [0.1, 0.15) is 0 Å². The summed E-state index contributed by atoms with van der Waals surface area (Å²) in [6.45, 7) is 0. The van der Waals surface area contributed by atoms with Gasteiger partial charge in [0, 0.05) is 0 Å². The molecule has 0 aliphatic carbocycles. The SMILES string of the molecule is c1cc[c]([Sn]([c]2ccccc2)([c]2ccccc2)[N]([Sn]([c]2ccccc2)([c]2ccccc2)[c]2ccccc2)[Sn]([c]2ccccc2)([c]2ccccc2)[c]2ccccc2)cc1. The van der Waals surface area contributed by atoms with Crippen molar-refractivity contribution < 1.29 is 0 Å². The fraction of sp³-hybridized carbons (Fsp3) is 0. The molecule has 0 bridgehead atoms. The van der Waals surface area contributed by atoms with Crippen LogP contribution in [0.2, 0.25) is 0 Å². The van der Waals surface area contributed by atoms with Crippen molar-refractivity contribution in [2.45, 2.75) is 0 Å². The predicted molar refractivity (Wildman–Crippen MR) is 254 cm³/mol. The molecule has 0 aliphatic heterocycles. The van der Waals surface area contributed by atoms with Crippen molar-refractivity contribution in [1.29, 1.82) is 0 Å². The van der Waals surface area contributed by atoms with Gasteiger partial charge in [0.1, 0.15) is 0 Å². The summed E-state index contributed by atoms with van der Waals surface area (Å²) in [4.78, 5) is 0. The Morgan fingerprint density at radius 2 is 0.259 bits per heavy atom. The fourth-order valence-corrected chi connectivity index (χ4v) is 120. The van der Waals surface area contributed by atoms with Gasteiger partial charge in [0.05, 0.1) is 0 Å². The molecule has 0 heterocycles. The molecule has 0 N–H and O–H groups in total. The summed E-state index contributed by atoms with van der Waals surface area (Å²) in [6.07, 6.45) is 0. The maximum atomic E-state index is 3.53. The summed E-state index contributed by atoms with van der Waals surface area (Å²) in [5.74, 6) is 0. The molecule has 4 heteroatoms. The van der Waals surface area contributed by atoms with Gasteiger partial charge in [-0.1, -0.05) is 0 Å². The van der Waals surface area contributed by atoms with E-state index in [1.807, 2.05) is 0 Å². The van der Waals surface area contributed by atoms with Crippen LogP contribution in [-0.4, -0.2) is 55.5 Å². The second-order valence-corrected chi connectivity index (χ2v) is 56.5. The maximum absolute atomic E-state index is 4.74. The van der Waals surface area contributed by atoms with E-state index >= 15 is 0 Å². The summed E-state index contributed by atoms with van der Waals surface area (Å²) in [5, 5.41) is 0. The molecule has 0 saturated heterocycles. The molecule has 0 fully saturated rings. The van der Waals surface area contributed by atoms with Gasteiger partial charge in [-0.25, -0.2) is 0 Å². The zero-order valence-corrected chi connectivity index (χ0v) is 41.0. The third kappa shape index (κ3) is 6.70. The average molecular weight is 1060 g/mol. The monoisotopic (exact) mass is 1070 g/mol. The Balaban J connectivity index is 1.68. The molecule has 0 amide bonds. The van der Waals surface area contributed by atoms with E-state index in [-0.39, 0.29) is 0 Å². The van der Waals surface area contributed by atoms with E-state index in [2.05, 4.69) is 273 Å². The van der Waals surface area contributed by atoms with E-state index in [0.29, 0.717) is 0 Å². The molecule has 278 valence electrons. The molecule has 1 nitrogen and oxygen atoms in total. The van der Waals surface area contributed by atoms with Crippen molar-refractivity contribution in [3.63, 3.8) is 0 Å². The van der Waals surface area contributed by atoms with Crippen LogP contribution in [0.4, 0.5) is 0 Å². The van der Waals surface area contributed by atoms with Crippen LogP contribution in [0.3, 0.4) is 0 Å². The van der Waals surface area contributed by atoms with Crippen molar-refractivity contribution in [3.05, 3.63) is 273 Å². The molecule has 9 aromatic rings. The van der Waals surface area contributed by atoms with Crippen molar-refractivity contribution in [3.8, 4) is 0 Å². The van der Waals surface area contributed by atoms with Gasteiger partial charge in [-0.3, -0.25) is 0 Å². The van der Waals surface area contributed by atoms with Crippen LogP contribution in [0.15, 0.2) is 273 Å². The average Bonchev–Trinajstić information content (AvgIpc) is 3.33. The van der Waals surface area contributed by atoms with Crippen LogP contribution in [-0.2, 0) is 0 Å². The molecule has 9 rings (SSSR count). The second kappa shape index (κ2) is 17.7. The van der Waals surface area contributed by atoms with Gasteiger partial charge in [-0.05, 0) is 0 Å². The molecule has 0 radical (unpaired) electrons. The molecule has 0 unspecified atom stereocenters. The molecule has 0 aliphatic rings. The topological polar surface area (TPSA) is 3.24 Å². The first-order valence-corrected chi connectivity index (χ1v) is 36.8. The van der Waals surface area contributed by atoms with Crippen molar-refractivity contribution >= 4 is 88.2 Å².